The van der Waals surface area contributed by atoms with Crippen LogP contribution in [0.15, 0.2) is 12.3 Å². The minimum Gasteiger partial charge on any atom is -0.376 e. The van der Waals surface area contributed by atoms with Crippen LogP contribution in [0.25, 0.3) is 0 Å². The van der Waals surface area contributed by atoms with Crippen molar-refractivity contribution in [2.75, 3.05) is 11.9 Å². The lowest BCUT2D eigenvalue weighted by Gasteiger charge is -2.31. The van der Waals surface area contributed by atoms with E-state index in [0.717, 1.165) is 38.3 Å². The van der Waals surface area contributed by atoms with Crippen LogP contribution in [0.4, 0.5) is 23.7 Å². The van der Waals surface area contributed by atoms with Gasteiger partial charge in [0.05, 0.1) is 23.5 Å². The number of aromatic nitrogens is 1. The molecule has 1 aromatic rings. The largest absolute Gasteiger partial charge is 0.433 e. The molecule has 3 rings (SSSR count). The van der Waals surface area contributed by atoms with Crippen molar-refractivity contribution in [2.24, 2.45) is 0 Å². The number of nitrogens with zero attached hydrogens (tertiary/aromatic N) is 1. The highest BCUT2D eigenvalue weighted by atomic mass is 19.4. The maximum atomic E-state index is 12.7. The number of amides is 2. The second-order valence-electron chi connectivity index (χ2n) is 6.48. The molecule has 1 atom stereocenters. The summed E-state index contributed by atoms with van der Waals surface area (Å²) in [5.41, 5.74) is -1.07. The average molecular weight is 343 g/mol. The van der Waals surface area contributed by atoms with Gasteiger partial charge in [-0.3, -0.25) is 0 Å². The van der Waals surface area contributed by atoms with Crippen LogP contribution in [0.5, 0.6) is 0 Å². The number of aryl methyl sites for hydroxylation is 1. The number of hydrogen-bond donors (Lipinski definition) is 2. The van der Waals surface area contributed by atoms with Gasteiger partial charge in [0.15, 0.2) is 0 Å². The Hall–Kier alpha value is -1.83. The number of alkyl halides is 3. The van der Waals surface area contributed by atoms with Crippen molar-refractivity contribution in [1.82, 2.24) is 10.3 Å². The number of urea groups is 1. The molecule has 2 aliphatic rings. The van der Waals surface area contributed by atoms with Gasteiger partial charge in [0.2, 0.25) is 0 Å². The van der Waals surface area contributed by atoms with Crippen LogP contribution in [0.3, 0.4) is 0 Å². The first-order valence-electron chi connectivity index (χ1n) is 8.05. The number of nitrogens with one attached hydrogen (secondary N) is 2. The van der Waals surface area contributed by atoms with Crippen molar-refractivity contribution in [3.8, 4) is 0 Å². The van der Waals surface area contributed by atoms with Crippen LogP contribution in [0.2, 0.25) is 0 Å². The molecule has 8 heteroatoms. The number of pyridine rings is 1. The summed E-state index contributed by atoms with van der Waals surface area (Å²) in [5.74, 6) is 0. The molecule has 5 nitrogen and oxygen atoms in total. The van der Waals surface area contributed by atoms with Gasteiger partial charge in [0, 0.05) is 6.61 Å². The quantitative estimate of drug-likeness (QED) is 0.881. The van der Waals surface area contributed by atoms with Gasteiger partial charge in [-0.15, -0.1) is 0 Å². The monoisotopic (exact) mass is 343 g/mol. The first-order chi connectivity index (χ1) is 11.3. The molecule has 1 aromatic heterocycles. The lowest BCUT2D eigenvalue weighted by molar-refractivity contribution is -0.141. The topological polar surface area (TPSA) is 63.2 Å². The van der Waals surface area contributed by atoms with Gasteiger partial charge in [-0.25, -0.2) is 9.78 Å². The van der Waals surface area contributed by atoms with Gasteiger partial charge in [-0.05, 0) is 50.7 Å². The zero-order chi connectivity index (χ0) is 17.4. The molecule has 0 radical (unpaired) electrons. The summed E-state index contributed by atoms with van der Waals surface area (Å²) in [5, 5.41) is 5.49. The molecule has 2 N–H and O–H groups in total. The molecule has 1 saturated heterocycles. The average Bonchev–Trinajstić information content (AvgIpc) is 3.27. The van der Waals surface area contributed by atoms with E-state index in [1.807, 2.05) is 0 Å². The Balaban J connectivity index is 1.62. The molecule has 2 heterocycles. The Bertz CT molecular complexity index is 623. The van der Waals surface area contributed by atoms with E-state index in [4.69, 9.17) is 4.74 Å². The summed E-state index contributed by atoms with van der Waals surface area (Å²) in [6.07, 6.45) is 1.29. The number of rotatable bonds is 3. The van der Waals surface area contributed by atoms with E-state index in [0.29, 0.717) is 6.61 Å². The first kappa shape index (κ1) is 17.0. The van der Waals surface area contributed by atoms with Crippen molar-refractivity contribution in [1.29, 1.82) is 0 Å². The van der Waals surface area contributed by atoms with Gasteiger partial charge in [0.25, 0.3) is 0 Å². The maximum Gasteiger partial charge on any atom is 0.433 e. The zero-order valence-corrected chi connectivity index (χ0v) is 13.4. The van der Waals surface area contributed by atoms with Crippen molar-refractivity contribution in [2.45, 2.75) is 56.8 Å². The molecule has 1 saturated carbocycles. The van der Waals surface area contributed by atoms with E-state index in [1.165, 1.54) is 13.0 Å². The van der Waals surface area contributed by atoms with Gasteiger partial charge in [-0.1, -0.05) is 0 Å². The second-order valence-corrected chi connectivity index (χ2v) is 6.48. The molecule has 1 aliphatic carbocycles. The molecular formula is C16H20F3N3O2. The second kappa shape index (κ2) is 6.23. The third kappa shape index (κ3) is 3.63. The molecule has 132 valence electrons. The van der Waals surface area contributed by atoms with Crippen LogP contribution in [-0.4, -0.2) is 29.3 Å². The van der Waals surface area contributed by atoms with E-state index in [-0.39, 0.29) is 22.9 Å². The van der Waals surface area contributed by atoms with Crippen molar-refractivity contribution >= 4 is 11.7 Å². The van der Waals surface area contributed by atoms with E-state index in [9.17, 15) is 18.0 Å². The van der Waals surface area contributed by atoms with Crippen molar-refractivity contribution < 1.29 is 22.7 Å². The predicted molar refractivity (Wildman–Crippen MR) is 81.7 cm³/mol. The summed E-state index contributed by atoms with van der Waals surface area (Å²) in [6, 6.07) is 0.828. The van der Waals surface area contributed by atoms with Crippen LogP contribution < -0.4 is 10.6 Å². The van der Waals surface area contributed by atoms with Crippen LogP contribution >= 0.6 is 0 Å². The predicted octanol–water partition coefficient (Wildman–Crippen LogP) is 3.63. The highest BCUT2D eigenvalue weighted by Crippen LogP contribution is 2.43. The minimum atomic E-state index is -4.50. The summed E-state index contributed by atoms with van der Waals surface area (Å²) >= 11 is 0. The fraction of sp³-hybridized carbons (Fsp3) is 0.625. The van der Waals surface area contributed by atoms with E-state index < -0.39 is 17.9 Å². The van der Waals surface area contributed by atoms with Gasteiger partial charge < -0.3 is 15.4 Å². The summed E-state index contributed by atoms with van der Waals surface area (Å²) < 4.78 is 43.9. The maximum absolute atomic E-state index is 12.7. The molecule has 0 spiro atoms. The van der Waals surface area contributed by atoms with Crippen LogP contribution in [0.1, 0.15) is 43.4 Å². The first-order valence-corrected chi connectivity index (χ1v) is 8.05. The van der Waals surface area contributed by atoms with Crippen molar-refractivity contribution in [3.05, 3.63) is 23.5 Å². The Morgan fingerprint density at radius 1 is 1.38 bits per heavy atom. The lowest BCUT2D eigenvalue weighted by atomic mass is 10.0. The zero-order valence-electron chi connectivity index (χ0n) is 13.4. The molecular weight excluding hydrogens is 323 g/mol. The molecule has 24 heavy (non-hydrogen) atoms. The Morgan fingerprint density at radius 3 is 2.67 bits per heavy atom. The minimum absolute atomic E-state index is 0.0180. The Labute approximate surface area is 138 Å². The summed E-state index contributed by atoms with van der Waals surface area (Å²) in [7, 11) is 0. The van der Waals surface area contributed by atoms with Crippen molar-refractivity contribution in [3.63, 3.8) is 0 Å². The lowest BCUT2D eigenvalue weighted by Crippen LogP contribution is -2.49. The third-order valence-corrected chi connectivity index (χ3v) is 4.55. The van der Waals surface area contributed by atoms with Gasteiger partial charge >= 0.3 is 12.2 Å². The molecule has 1 aliphatic heterocycles. The van der Waals surface area contributed by atoms with Gasteiger partial charge in [-0.2, -0.15) is 13.2 Å². The highest BCUT2D eigenvalue weighted by molar-refractivity contribution is 5.90. The SMILES string of the molecule is Cc1cc(NC(=O)NC2(C3CCCCO3)CC2)cnc1C(F)(F)F. The Kier molecular flexibility index (Phi) is 4.42. The molecule has 0 bridgehead atoms. The van der Waals surface area contributed by atoms with Crippen LogP contribution in [-0.2, 0) is 10.9 Å². The number of halogens is 3. The normalized spacial score (nSPS) is 22.8. The highest BCUT2D eigenvalue weighted by Gasteiger charge is 2.51. The fourth-order valence-electron chi connectivity index (χ4n) is 3.17. The number of carbonyl (C=O) groups excluding carboxylic acids is 1. The van der Waals surface area contributed by atoms with E-state index >= 15 is 0 Å². The van der Waals surface area contributed by atoms with E-state index in [2.05, 4.69) is 15.6 Å². The van der Waals surface area contributed by atoms with E-state index in [1.54, 1.807) is 0 Å². The Morgan fingerprint density at radius 2 is 2.12 bits per heavy atom. The number of ether oxygens (including phenoxy) is 1. The standard InChI is InChI=1S/C16H20F3N3O2/c1-10-8-11(9-20-13(10)16(17,18)19)21-14(23)22-15(5-6-15)12-4-2-3-7-24-12/h8-9,12H,2-7H2,1H3,(H2,21,22,23). The third-order valence-electron chi connectivity index (χ3n) is 4.55. The number of carbonyl (C=O) groups is 1. The molecule has 2 amide bonds. The molecule has 2 fully saturated rings. The van der Waals surface area contributed by atoms with Crippen LogP contribution in [0, 0.1) is 6.92 Å². The summed E-state index contributed by atoms with van der Waals surface area (Å²) in [6.45, 7) is 2.02. The fourth-order valence-corrected chi connectivity index (χ4v) is 3.17. The smallest absolute Gasteiger partial charge is 0.376 e. The molecule has 1 unspecified atom stereocenters. The number of hydrogen-bond acceptors (Lipinski definition) is 3. The molecule has 0 aromatic carbocycles. The summed E-state index contributed by atoms with van der Waals surface area (Å²) in [4.78, 5) is 15.6. The van der Waals surface area contributed by atoms with Gasteiger partial charge in [0.1, 0.15) is 5.69 Å². The number of anilines is 1.